The van der Waals surface area contributed by atoms with Crippen molar-refractivity contribution >= 4 is 0 Å². The minimum Gasteiger partial charge on any atom is -0.339 e. The van der Waals surface area contributed by atoms with E-state index in [1.165, 1.54) is 6.42 Å². The molecule has 0 aliphatic heterocycles. The maximum absolute atomic E-state index is 5.38. The van der Waals surface area contributed by atoms with Gasteiger partial charge in [-0.25, -0.2) is 0 Å². The average molecular weight is 340 g/mol. The Labute approximate surface area is 145 Å². The Hall–Kier alpha value is -2.61. The van der Waals surface area contributed by atoms with Crippen LogP contribution in [0.3, 0.4) is 0 Å². The van der Waals surface area contributed by atoms with E-state index in [9.17, 15) is 0 Å². The van der Waals surface area contributed by atoms with Gasteiger partial charge in [-0.05, 0) is 31.5 Å². The zero-order valence-corrected chi connectivity index (χ0v) is 14.1. The van der Waals surface area contributed by atoms with Crippen LogP contribution < -0.4 is 0 Å². The van der Waals surface area contributed by atoms with Crippen LogP contribution >= 0.6 is 0 Å². The van der Waals surface area contributed by atoms with E-state index in [1.807, 2.05) is 12.1 Å². The van der Waals surface area contributed by atoms with Crippen molar-refractivity contribution < 1.29 is 9.05 Å². The molecule has 3 heterocycles. The van der Waals surface area contributed by atoms with Gasteiger partial charge in [-0.15, -0.1) is 0 Å². The molecule has 0 radical (unpaired) electrons. The lowest BCUT2D eigenvalue weighted by Gasteiger charge is -2.20. The average Bonchev–Trinajstić information content (AvgIpc) is 3.23. The van der Waals surface area contributed by atoms with Crippen molar-refractivity contribution in [3.05, 3.63) is 42.1 Å². The van der Waals surface area contributed by atoms with Gasteiger partial charge >= 0.3 is 0 Å². The van der Waals surface area contributed by atoms with E-state index in [-0.39, 0.29) is 0 Å². The van der Waals surface area contributed by atoms with E-state index in [4.69, 9.17) is 9.05 Å². The summed E-state index contributed by atoms with van der Waals surface area (Å²) in [7, 11) is 0. The van der Waals surface area contributed by atoms with Crippen LogP contribution in [-0.4, -0.2) is 36.7 Å². The lowest BCUT2D eigenvalue weighted by atomic mass is 9.85. The summed E-state index contributed by atoms with van der Waals surface area (Å²) in [6.45, 7) is 4.04. The van der Waals surface area contributed by atoms with Gasteiger partial charge in [-0.1, -0.05) is 23.7 Å². The van der Waals surface area contributed by atoms with Gasteiger partial charge in [0.25, 0.3) is 0 Å². The summed E-state index contributed by atoms with van der Waals surface area (Å²) in [5.41, 5.74) is 0.886. The summed E-state index contributed by atoms with van der Waals surface area (Å²) in [5, 5.41) is 8.14. The molecule has 1 fully saturated rings. The van der Waals surface area contributed by atoms with E-state index in [0.717, 1.165) is 30.8 Å². The molecule has 8 heteroatoms. The Kier molecular flexibility index (Phi) is 4.51. The van der Waals surface area contributed by atoms with Gasteiger partial charge in [0.05, 0.1) is 13.1 Å². The van der Waals surface area contributed by atoms with Crippen LogP contribution in [0.1, 0.15) is 49.7 Å². The van der Waals surface area contributed by atoms with Gasteiger partial charge < -0.3 is 9.05 Å². The molecule has 0 unspecified atom stereocenters. The van der Waals surface area contributed by atoms with Crippen LogP contribution in [0.5, 0.6) is 0 Å². The van der Waals surface area contributed by atoms with Crippen molar-refractivity contribution in [2.75, 3.05) is 6.54 Å². The van der Waals surface area contributed by atoms with E-state index in [0.29, 0.717) is 36.5 Å². The molecule has 0 aromatic carbocycles. The molecule has 130 valence electrons. The quantitative estimate of drug-likeness (QED) is 0.648. The van der Waals surface area contributed by atoms with Crippen molar-refractivity contribution in [1.82, 2.24) is 30.2 Å². The van der Waals surface area contributed by atoms with Crippen molar-refractivity contribution in [1.29, 1.82) is 0 Å². The molecule has 3 aromatic heterocycles. The van der Waals surface area contributed by atoms with Crippen molar-refractivity contribution in [3.8, 4) is 11.4 Å². The van der Waals surface area contributed by atoms with Crippen molar-refractivity contribution in [2.45, 2.75) is 45.2 Å². The maximum Gasteiger partial charge on any atom is 0.241 e. The second-order valence-corrected chi connectivity index (χ2v) is 6.23. The highest BCUT2D eigenvalue weighted by molar-refractivity contribution is 5.52. The standard InChI is InChI=1S/C17H20N6O2/c1-2-23(10-14-19-17(25-21-14)13-4-3-5-13)11-15-20-16(22-24-15)12-6-8-18-9-7-12/h6-9,13H,2-5,10-11H2,1H3. The predicted octanol–water partition coefficient (Wildman–Crippen LogP) is 2.80. The molecule has 0 bridgehead atoms. The summed E-state index contributed by atoms with van der Waals surface area (Å²) in [5.74, 6) is 3.07. The Morgan fingerprint density at radius 1 is 1.08 bits per heavy atom. The first kappa shape index (κ1) is 15.9. The Balaban J connectivity index is 1.40. The first-order valence-corrected chi connectivity index (χ1v) is 8.59. The lowest BCUT2D eigenvalue weighted by Crippen LogP contribution is -2.23. The number of nitrogens with zero attached hydrogens (tertiary/aromatic N) is 6. The summed E-state index contributed by atoms with van der Waals surface area (Å²) in [6.07, 6.45) is 6.97. The molecule has 25 heavy (non-hydrogen) atoms. The zero-order chi connectivity index (χ0) is 17.1. The van der Waals surface area contributed by atoms with E-state index < -0.39 is 0 Å². The van der Waals surface area contributed by atoms with Crippen LogP contribution in [-0.2, 0) is 13.1 Å². The third-order valence-electron chi connectivity index (χ3n) is 4.52. The topological polar surface area (TPSA) is 94.0 Å². The summed E-state index contributed by atoms with van der Waals surface area (Å²) in [4.78, 5) is 15.1. The molecule has 0 saturated heterocycles. The summed E-state index contributed by atoms with van der Waals surface area (Å²) in [6, 6.07) is 3.71. The molecule has 8 nitrogen and oxygen atoms in total. The van der Waals surface area contributed by atoms with Gasteiger partial charge in [0, 0.05) is 23.9 Å². The Morgan fingerprint density at radius 2 is 1.92 bits per heavy atom. The molecule has 3 aromatic rings. The molecule has 0 N–H and O–H groups in total. The predicted molar refractivity (Wildman–Crippen MR) is 88.2 cm³/mol. The third-order valence-corrected chi connectivity index (χ3v) is 4.52. The summed E-state index contributed by atoms with van der Waals surface area (Å²) < 4.78 is 10.8. The van der Waals surface area contributed by atoms with Crippen LogP contribution in [0.15, 0.2) is 33.6 Å². The normalized spacial score (nSPS) is 14.8. The van der Waals surface area contributed by atoms with Crippen molar-refractivity contribution in [2.24, 2.45) is 0 Å². The highest BCUT2D eigenvalue weighted by Gasteiger charge is 2.25. The fourth-order valence-electron chi connectivity index (χ4n) is 2.76. The molecule has 0 amide bonds. The first-order chi connectivity index (χ1) is 12.3. The number of rotatable bonds is 7. The minimum absolute atomic E-state index is 0.454. The van der Waals surface area contributed by atoms with Crippen molar-refractivity contribution in [3.63, 3.8) is 0 Å². The highest BCUT2D eigenvalue weighted by atomic mass is 16.5. The number of pyridine rings is 1. The van der Waals surface area contributed by atoms with E-state index in [1.54, 1.807) is 12.4 Å². The Bertz CT molecular complexity index is 811. The van der Waals surface area contributed by atoms with Crippen LogP contribution in [0.25, 0.3) is 11.4 Å². The summed E-state index contributed by atoms with van der Waals surface area (Å²) >= 11 is 0. The van der Waals surface area contributed by atoms with Crippen LogP contribution in [0.4, 0.5) is 0 Å². The Morgan fingerprint density at radius 3 is 2.64 bits per heavy atom. The van der Waals surface area contributed by atoms with Gasteiger partial charge in [0.1, 0.15) is 0 Å². The molecule has 0 atom stereocenters. The van der Waals surface area contributed by atoms with Crippen LogP contribution in [0, 0.1) is 0 Å². The zero-order valence-electron chi connectivity index (χ0n) is 14.1. The molecule has 1 aliphatic rings. The molecule has 1 saturated carbocycles. The number of hydrogen-bond donors (Lipinski definition) is 0. The second kappa shape index (κ2) is 7.10. The molecule has 4 rings (SSSR count). The number of aromatic nitrogens is 5. The molecule has 1 aliphatic carbocycles. The van der Waals surface area contributed by atoms with Gasteiger partial charge in [0.2, 0.25) is 17.6 Å². The smallest absolute Gasteiger partial charge is 0.241 e. The minimum atomic E-state index is 0.454. The number of hydrogen-bond acceptors (Lipinski definition) is 8. The van der Waals surface area contributed by atoms with E-state index >= 15 is 0 Å². The highest BCUT2D eigenvalue weighted by Crippen LogP contribution is 2.35. The SMILES string of the molecule is CCN(Cc1noc(C2CCC2)n1)Cc1nc(-c2ccncc2)no1. The molecular weight excluding hydrogens is 320 g/mol. The van der Waals surface area contributed by atoms with Crippen LogP contribution in [0.2, 0.25) is 0 Å². The van der Waals surface area contributed by atoms with Gasteiger partial charge in [0.15, 0.2) is 5.82 Å². The maximum atomic E-state index is 5.38. The lowest BCUT2D eigenvalue weighted by molar-refractivity contribution is 0.221. The van der Waals surface area contributed by atoms with E-state index in [2.05, 4.69) is 37.1 Å². The first-order valence-electron chi connectivity index (χ1n) is 8.59. The van der Waals surface area contributed by atoms with Gasteiger partial charge in [-0.2, -0.15) is 9.97 Å². The molecular formula is C17H20N6O2. The fraction of sp³-hybridized carbons (Fsp3) is 0.471. The molecule has 0 spiro atoms. The second-order valence-electron chi connectivity index (χ2n) is 6.23. The monoisotopic (exact) mass is 340 g/mol. The largest absolute Gasteiger partial charge is 0.339 e. The third kappa shape index (κ3) is 3.58. The van der Waals surface area contributed by atoms with Gasteiger partial charge in [-0.3, -0.25) is 9.88 Å². The fourth-order valence-corrected chi connectivity index (χ4v) is 2.76.